The molecule has 45 heavy (non-hydrogen) atoms. The van der Waals surface area contributed by atoms with Gasteiger partial charge in [0.2, 0.25) is 0 Å². The Morgan fingerprint density at radius 2 is 1.22 bits per heavy atom. The number of carbonyl (C=O) groups excluding carboxylic acids is 1. The fourth-order valence-electron chi connectivity index (χ4n) is 5.14. The summed E-state index contributed by atoms with van der Waals surface area (Å²) in [6, 6.07) is 15.1. The molecule has 0 aromatic heterocycles. The van der Waals surface area contributed by atoms with Gasteiger partial charge in [0, 0.05) is 38.3 Å². The number of amides is 1. The van der Waals surface area contributed by atoms with E-state index < -0.39 is 5.60 Å². The number of rotatable bonds is 11. The lowest BCUT2D eigenvalue weighted by molar-refractivity contribution is 0.0478. The Morgan fingerprint density at radius 3 is 1.62 bits per heavy atom. The maximum Gasteiger partial charge on any atom is 0.407 e. The van der Waals surface area contributed by atoms with E-state index in [0.29, 0.717) is 24.0 Å². The maximum atomic E-state index is 11.8. The Labute approximate surface area is 269 Å². The summed E-state index contributed by atoms with van der Waals surface area (Å²) in [6.45, 7) is 27.0. The predicted molar refractivity (Wildman–Crippen MR) is 178 cm³/mol. The second-order valence-electron chi connectivity index (χ2n) is 12.6. The SMILES string of the molecule is [C-]#[N+]c1ccc(OCCCN2CCC(N)CC2)cc1.[C-]#[N+]c1ccc(OCCCN2CCC(NC(=O)OC(C)(C)C)CC2)cc1. The van der Waals surface area contributed by atoms with Crippen molar-refractivity contribution in [1.82, 2.24) is 15.1 Å². The molecule has 10 nitrogen and oxygen atoms in total. The first-order chi connectivity index (χ1) is 21.6. The van der Waals surface area contributed by atoms with Crippen molar-refractivity contribution in [2.24, 2.45) is 5.73 Å². The highest BCUT2D eigenvalue weighted by Gasteiger charge is 2.23. The fraction of sp³-hybridized carbons (Fsp3) is 0.571. The summed E-state index contributed by atoms with van der Waals surface area (Å²) in [5, 5.41) is 2.96. The summed E-state index contributed by atoms with van der Waals surface area (Å²) in [4.78, 5) is 23.4. The molecular formula is C35H50N6O4. The van der Waals surface area contributed by atoms with Crippen LogP contribution in [0.2, 0.25) is 0 Å². The highest BCUT2D eigenvalue weighted by molar-refractivity contribution is 5.68. The van der Waals surface area contributed by atoms with Crippen LogP contribution in [-0.4, -0.2) is 86.1 Å². The molecule has 1 amide bonds. The number of likely N-dealkylation sites (tertiary alicyclic amines) is 2. The standard InChI is InChI=1S/C20H29N3O3.C15H21N3O/c1-20(2,3)26-19(24)22-17-10-13-23(14-11-17)12-5-15-25-18-8-6-16(21-4)7-9-18;1-17-14-3-5-15(6-4-14)19-12-2-9-18-10-7-13(16)8-11-18/h6-9,17H,5,10-15H2,1-3H3,(H,22,24);3-6,13H,2,7-12,16H2. The maximum absolute atomic E-state index is 11.8. The summed E-state index contributed by atoms with van der Waals surface area (Å²) >= 11 is 0. The van der Waals surface area contributed by atoms with Crippen molar-refractivity contribution in [2.75, 3.05) is 52.5 Å². The molecule has 2 aromatic carbocycles. The summed E-state index contributed by atoms with van der Waals surface area (Å²) in [5.74, 6) is 1.64. The van der Waals surface area contributed by atoms with Crippen LogP contribution in [0.4, 0.5) is 16.2 Å². The summed E-state index contributed by atoms with van der Waals surface area (Å²) in [5.41, 5.74) is 6.70. The fourth-order valence-corrected chi connectivity index (χ4v) is 5.14. The quantitative estimate of drug-likeness (QED) is 0.221. The number of ether oxygens (including phenoxy) is 3. The van der Waals surface area contributed by atoms with Gasteiger partial charge in [-0.2, -0.15) is 0 Å². The van der Waals surface area contributed by atoms with Crippen LogP contribution < -0.4 is 20.5 Å². The van der Waals surface area contributed by atoms with Gasteiger partial charge in [-0.25, -0.2) is 14.5 Å². The van der Waals surface area contributed by atoms with E-state index in [4.69, 9.17) is 33.1 Å². The molecule has 0 bridgehead atoms. The van der Waals surface area contributed by atoms with Crippen molar-refractivity contribution in [1.29, 1.82) is 0 Å². The van der Waals surface area contributed by atoms with Gasteiger partial charge in [-0.3, -0.25) is 0 Å². The Hall–Kier alpha value is -3.83. The molecule has 2 saturated heterocycles. The molecule has 0 atom stereocenters. The zero-order valence-corrected chi connectivity index (χ0v) is 27.2. The van der Waals surface area contributed by atoms with E-state index in [1.54, 1.807) is 24.3 Å². The second-order valence-corrected chi connectivity index (χ2v) is 12.6. The number of nitrogens with two attached hydrogens (primary N) is 1. The topological polar surface area (TPSA) is 98.0 Å². The molecule has 2 fully saturated rings. The van der Waals surface area contributed by atoms with Gasteiger partial charge in [0.15, 0.2) is 11.4 Å². The van der Waals surface area contributed by atoms with Crippen molar-refractivity contribution in [3.63, 3.8) is 0 Å². The van der Waals surface area contributed by atoms with Gasteiger partial charge in [0.25, 0.3) is 0 Å². The normalized spacial score (nSPS) is 16.4. The molecule has 2 heterocycles. The van der Waals surface area contributed by atoms with Crippen LogP contribution in [0.1, 0.15) is 59.3 Å². The molecule has 0 unspecified atom stereocenters. The Kier molecular flexibility index (Phi) is 14.9. The zero-order chi connectivity index (χ0) is 32.5. The zero-order valence-electron chi connectivity index (χ0n) is 27.2. The molecule has 3 N–H and O–H groups in total. The van der Waals surface area contributed by atoms with Crippen LogP contribution in [0, 0.1) is 13.1 Å². The van der Waals surface area contributed by atoms with E-state index in [0.717, 1.165) is 95.9 Å². The average Bonchev–Trinajstić information content (AvgIpc) is 3.03. The minimum Gasteiger partial charge on any atom is -0.494 e. The van der Waals surface area contributed by atoms with Crippen LogP contribution in [-0.2, 0) is 4.74 Å². The summed E-state index contributed by atoms with van der Waals surface area (Å²) < 4.78 is 16.7. The first-order valence-electron chi connectivity index (χ1n) is 16.0. The minimum atomic E-state index is -0.457. The molecule has 0 saturated carbocycles. The van der Waals surface area contributed by atoms with Gasteiger partial charge in [0.05, 0.1) is 26.4 Å². The van der Waals surface area contributed by atoms with Gasteiger partial charge < -0.3 is 35.1 Å². The lowest BCUT2D eigenvalue weighted by atomic mass is 10.1. The van der Waals surface area contributed by atoms with E-state index >= 15 is 0 Å². The first-order valence-corrected chi connectivity index (χ1v) is 16.0. The largest absolute Gasteiger partial charge is 0.494 e. The molecule has 2 aromatic rings. The molecule has 10 heteroatoms. The smallest absolute Gasteiger partial charge is 0.407 e. The highest BCUT2D eigenvalue weighted by Crippen LogP contribution is 2.19. The molecule has 2 aliphatic rings. The van der Waals surface area contributed by atoms with E-state index in [2.05, 4.69) is 24.8 Å². The summed E-state index contributed by atoms with van der Waals surface area (Å²) in [7, 11) is 0. The molecule has 2 aliphatic heterocycles. The third kappa shape index (κ3) is 14.7. The Morgan fingerprint density at radius 1 is 0.800 bits per heavy atom. The third-order valence-electron chi connectivity index (χ3n) is 7.65. The van der Waals surface area contributed by atoms with Gasteiger partial charge in [-0.05, 0) is 96.7 Å². The van der Waals surface area contributed by atoms with Crippen LogP contribution in [0.25, 0.3) is 9.69 Å². The number of hydrogen-bond donors (Lipinski definition) is 2. The van der Waals surface area contributed by atoms with Gasteiger partial charge in [-0.15, -0.1) is 0 Å². The van der Waals surface area contributed by atoms with Crippen molar-refractivity contribution in [2.45, 2.75) is 77.0 Å². The van der Waals surface area contributed by atoms with Crippen LogP contribution >= 0.6 is 0 Å². The number of nitrogens with zero attached hydrogens (tertiary/aromatic N) is 4. The molecule has 0 spiro atoms. The lowest BCUT2D eigenvalue weighted by Gasteiger charge is -2.32. The third-order valence-corrected chi connectivity index (χ3v) is 7.65. The van der Waals surface area contributed by atoms with Crippen molar-refractivity contribution < 1.29 is 19.0 Å². The first kappa shape index (κ1) is 35.6. The minimum absolute atomic E-state index is 0.193. The van der Waals surface area contributed by atoms with Crippen LogP contribution in [0.5, 0.6) is 11.5 Å². The van der Waals surface area contributed by atoms with E-state index in [9.17, 15) is 4.79 Å². The number of hydrogen-bond acceptors (Lipinski definition) is 7. The van der Waals surface area contributed by atoms with E-state index in [1.807, 2.05) is 45.0 Å². The number of benzene rings is 2. The highest BCUT2D eigenvalue weighted by atomic mass is 16.6. The molecule has 0 radical (unpaired) electrons. The van der Waals surface area contributed by atoms with Gasteiger partial charge >= 0.3 is 6.09 Å². The van der Waals surface area contributed by atoms with Crippen molar-refractivity contribution >= 4 is 17.5 Å². The monoisotopic (exact) mass is 618 g/mol. The van der Waals surface area contributed by atoms with Crippen LogP contribution in [0.15, 0.2) is 48.5 Å². The number of piperidine rings is 2. The van der Waals surface area contributed by atoms with E-state index in [1.165, 1.54) is 0 Å². The van der Waals surface area contributed by atoms with Crippen molar-refractivity contribution in [3.8, 4) is 11.5 Å². The predicted octanol–water partition coefficient (Wildman–Crippen LogP) is 6.42. The van der Waals surface area contributed by atoms with Crippen molar-refractivity contribution in [3.05, 3.63) is 71.4 Å². The second kappa shape index (κ2) is 18.9. The number of nitrogens with one attached hydrogen (secondary N) is 1. The number of alkyl carbamates (subject to hydrolysis) is 1. The van der Waals surface area contributed by atoms with Gasteiger partial charge in [0.1, 0.15) is 17.1 Å². The average molecular weight is 619 g/mol. The molecule has 244 valence electrons. The molecular weight excluding hydrogens is 568 g/mol. The van der Waals surface area contributed by atoms with Gasteiger partial charge in [-0.1, -0.05) is 24.3 Å². The van der Waals surface area contributed by atoms with Crippen LogP contribution in [0.3, 0.4) is 0 Å². The lowest BCUT2D eigenvalue weighted by Crippen LogP contribution is -2.46. The van der Waals surface area contributed by atoms with E-state index in [-0.39, 0.29) is 12.1 Å². The summed E-state index contributed by atoms with van der Waals surface area (Å²) in [6.07, 6.45) is 5.76. The Bertz CT molecular complexity index is 1220. The molecule has 4 rings (SSSR count). The molecule has 0 aliphatic carbocycles. The Balaban J connectivity index is 0.000000257. The number of carbonyl (C=O) groups is 1.